The highest BCUT2D eigenvalue weighted by atomic mass is 79.9. The van der Waals surface area contributed by atoms with Crippen molar-refractivity contribution >= 4 is 43.4 Å². The van der Waals surface area contributed by atoms with Gasteiger partial charge in [-0.1, -0.05) is 52.3 Å². The van der Waals surface area contributed by atoms with Crippen molar-refractivity contribution in [2.45, 2.75) is 25.2 Å². The lowest BCUT2D eigenvalue weighted by Gasteiger charge is -2.25. The molecule has 0 bridgehead atoms. The molecule has 0 saturated heterocycles. The van der Waals surface area contributed by atoms with Crippen molar-refractivity contribution in [1.29, 1.82) is 0 Å². The average Bonchev–Trinajstić information content (AvgIpc) is 2.60. The van der Waals surface area contributed by atoms with Gasteiger partial charge in [-0.05, 0) is 58.0 Å². The van der Waals surface area contributed by atoms with Crippen LogP contribution in [-0.2, 0) is 16.0 Å². The third-order valence-corrected chi connectivity index (χ3v) is 5.58. The van der Waals surface area contributed by atoms with E-state index in [-0.39, 0.29) is 11.9 Å². The van der Waals surface area contributed by atoms with Gasteiger partial charge in [0, 0.05) is 4.47 Å². The van der Waals surface area contributed by atoms with Crippen LogP contribution < -0.4 is 0 Å². The van der Waals surface area contributed by atoms with Gasteiger partial charge in [0.2, 0.25) is 0 Å². The topological polar surface area (TPSA) is 26.3 Å². The molecule has 0 N–H and O–H groups in total. The molecule has 0 radical (unpaired) electrons. The van der Waals surface area contributed by atoms with Gasteiger partial charge in [-0.2, -0.15) is 0 Å². The molecule has 0 saturated carbocycles. The summed E-state index contributed by atoms with van der Waals surface area (Å²) in [6, 6.07) is 14.9. The summed E-state index contributed by atoms with van der Waals surface area (Å²) in [6.45, 7) is 0. The Morgan fingerprint density at radius 1 is 1.09 bits per heavy atom. The summed E-state index contributed by atoms with van der Waals surface area (Å²) in [5.74, 6) is -0.247. The maximum absolute atomic E-state index is 12.1. The maximum atomic E-state index is 12.1. The molecule has 0 aromatic heterocycles. The Labute approximate surface area is 143 Å². The highest BCUT2D eigenvalue weighted by Crippen LogP contribution is 2.40. The fourth-order valence-corrected chi connectivity index (χ4v) is 4.42. The Hall–Kier alpha value is -1.87. The number of esters is 1. The van der Waals surface area contributed by atoms with Crippen LogP contribution in [0.15, 0.2) is 46.9 Å². The predicted octanol–water partition coefficient (Wildman–Crippen LogP) is 5.35. The van der Waals surface area contributed by atoms with Crippen molar-refractivity contribution < 1.29 is 9.53 Å². The lowest BCUT2D eigenvalue weighted by atomic mass is 9.80. The number of ether oxygens (including phenoxy) is 1. The molecular formula is C20H17BrO2. The molecule has 0 amide bonds. The van der Waals surface area contributed by atoms with E-state index >= 15 is 0 Å². The van der Waals surface area contributed by atoms with Crippen molar-refractivity contribution in [3.05, 3.63) is 58.1 Å². The molecule has 2 nitrogen and oxygen atoms in total. The van der Waals surface area contributed by atoms with Gasteiger partial charge in [0.05, 0.1) is 13.0 Å². The number of hydrogen-bond acceptors (Lipinski definition) is 2. The monoisotopic (exact) mass is 368 g/mol. The molecule has 0 heterocycles. The van der Waals surface area contributed by atoms with E-state index in [1.165, 1.54) is 34.2 Å². The van der Waals surface area contributed by atoms with Crippen LogP contribution in [0.25, 0.3) is 21.5 Å². The van der Waals surface area contributed by atoms with Crippen LogP contribution in [-0.4, -0.2) is 13.1 Å². The summed E-state index contributed by atoms with van der Waals surface area (Å²) in [6.07, 6.45) is 2.92. The molecule has 1 atom stereocenters. The molecule has 0 fully saturated rings. The second-order valence-electron chi connectivity index (χ2n) is 6.10. The van der Waals surface area contributed by atoms with Crippen LogP contribution in [0, 0.1) is 0 Å². The highest BCUT2D eigenvalue weighted by Gasteiger charge is 2.28. The van der Waals surface area contributed by atoms with Crippen LogP contribution in [0.1, 0.15) is 29.9 Å². The number of benzene rings is 3. The van der Waals surface area contributed by atoms with Gasteiger partial charge in [0.1, 0.15) is 0 Å². The van der Waals surface area contributed by atoms with E-state index in [1.54, 1.807) is 0 Å². The van der Waals surface area contributed by atoms with E-state index < -0.39 is 0 Å². The SMILES string of the molecule is COC(=O)C1CCCc2c1ccc1c2cc(Br)c2ccccc21. The predicted molar refractivity (Wildman–Crippen MR) is 96.8 cm³/mol. The number of carbonyl (C=O) groups is 1. The molecule has 3 aromatic carbocycles. The molecule has 4 rings (SSSR count). The number of rotatable bonds is 1. The fourth-order valence-electron chi connectivity index (χ4n) is 3.84. The van der Waals surface area contributed by atoms with Gasteiger partial charge in [0.25, 0.3) is 0 Å². The van der Waals surface area contributed by atoms with E-state index in [9.17, 15) is 4.79 Å². The highest BCUT2D eigenvalue weighted by molar-refractivity contribution is 9.10. The van der Waals surface area contributed by atoms with Crippen LogP contribution in [0.3, 0.4) is 0 Å². The lowest BCUT2D eigenvalue weighted by molar-refractivity contribution is -0.142. The van der Waals surface area contributed by atoms with Gasteiger partial charge in [-0.3, -0.25) is 4.79 Å². The van der Waals surface area contributed by atoms with E-state index in [0.29, 0.717) is 0 Å². The first-order valence-corrected chi connectivity index (χ1v) is 8.70. The van der Waals surface area contributed by atoms with Gasteiger partial charge in [-0.25, -0.2) is 0 Å². The minimum Gasteiger partial charge on any atom is -0.469 e. The molecule has 0 spiro atoms. The summed E-state index contributed by atoms with van der Waals surface area (Å²) in [5, 5.41) is 4.98. The number of methoxy groups -OCH3 is 1. The standard InChI is InChI=1S/C20H17BrO2/c1-23-20(22)17-8-4-7-13-14(17)9-10-15-12-5-2-3-6-16(12)19(21)11-18(13)15/h2-3,5-6,9-11,17H,4,7-8H2,1H3. The third kappa shape index (κ3) is 2.26. The zero-order chi connectivity index (χ0) is 16.0. The van der Waals surface area contributed by atoms with Crippen molar-refractivity contribution in [1.82, 2.24) is 0 Å². The normalized spacial score (nSPS) is 17.2. The Morgan fingerprint density at radius 2 is 1.83 bits per heavy atom. The summed E-state index contributed by atoms with van der Waals surface area (Å²) in [4.78, 5) is 12.1. The first-order valence-electron chi connectivity index (χ1n) is 7.91. The summed E-state index contributed by atoms with van der Waals surface area (Å²) in [7, 11) is 1.47. The summed E-state index contributed by atoms with van der Waals surface area (Å²) in [5.41, 5.74) is 2.44. The van der Waals surface area contributed by atoms with Gasteiger partial charge in [-0.15, -0.1) is 0 Å². The van der Waals surface area contributed by atoms with Gasteiger partial charge >= 0.3 is 5.97 Å². The van der Waals surface area contributed by atoms with Crippen LogP contribution in [0.5, 0.6) is 0 Å². The molecule has 1 unspecified atom stereocenters. The Bertz CT molecular complexity index is 930. The molecular weight excluding hydrogens is 352 g/mol. The quantitative estimate of drug-likeness (QED) is 0.427. The smallest absolute Gasteiger partial charge is 0.313 e. The van der Waals surface area contributed by atoms with Gasteiger partial charge < -0.3 is 4.74 Å². The fraction of sp³-hybridized carbons (Fsp3) is 0.250. The second kappa shape index (κ2) is 5.64. The number of carbonyl (C=O) groups excluding carboxylic acids is 1. The van der Waals surface area contributed by atoms with Crippen molar-refractivity contribution in [3.8, 4) is 0 Å². The Kier molecular flexibility index (Phi) is 3.61. The summed E-state index contributed by atoms with van der Waals surface area (Å²) >= 11 is 3.71. The molecule has 3 aromatic rings. The van der Waals surface area contributed by atoms with E-state index in [2.05, 4.69) is 58.4 Å². The molecule has 1 aliphatic rings. The molecule has 3 heteroatoms. The zero-order valence-corrected chi connectivity index (χ0v) is 14.5. The second-order valence-corrected chi connectivity index (χ2v) is 6.95. The number of halogens is 1. The van der Waals surface area contributed by atoms with E-state index in [0.717, 1.165) is 29.3 Å². The van der Waals surface area contributed by atoms with Crippen LogP contribution in [0.2, 0.25) is 0 Å². The zero-order valence-electron chi connectivity index (χ0n) is 12.9. The first kappa shape index (κ1) is 14.7. The third-order valence-electron chi connectivity index (χ3n) is 4.92. The number of aryl methyl sites for hydroxylation is 1. The van der Waals surface area contributed by atoms with Crippen molar-refractivity contribution in [2.24, 2.45) is 0 Å². The van der Waals surface area contributed by atoms with Crippen molar-refractivity contribution in [2.75, 3.05) is 7.11 Å². The first-order chi connectivity index (χ1) is 11.2. The van der Waals surface area contributed by atoms with Crippen LogP contribution in [0.4, 0.5) is 0 Å². The molecule has 23 heavy (non-hydrogen) atoms. The van der Waals surface area contributed by atoms with Crippen molar-refractivity contribution in [3.63, 3.8) is 0 Å². The summed E-state index contributed by atoms with van der Waals surface area (Å²) < 4.78 is 6.11. The minimum atomic E-state index is -0.126. The molecule has 116 valence electrons. The largest absolute Gasteiger partial charge is 0.469 e. The van der Waals surface area contributed by atoms with Gasteiger partial charge in [0.15, 0.2) is 0 Å². The number of fused-ring (bicyclic) bond motifs is 5. The van der Waals surface area contributed by atoms with E-state index in [1.807, 2.05) is 0 Å². The molecule has 1 aliphatic carbocycles. The lowest BCUT2D eigenvalue weighted by Crippen LogP contribution is -2.19. The molecule has 0 aliphatic heterocycles. The van der Waals surface area contributed by atoms with E-state index in [4.69, 9.17) is 4.74 Å². The Balaban J connectivity index is 2.04. The Morgan fingerprint density at radius 3 is 2.61 bits per heavy atom. The average molecular weight is 369 g/mol. The minimum absolute atomic E-state index is 0.120. The number of hydrogen-bond donors (Lipinski definition) is 0. The van der Waals surface area contributed by atoms with Crippen LogP contribution >= 0.6 is 15.9 Å². The maximum Gasteiger partial charge on any atom is 0.313 e.